The number of aliphatic carboxylic acids is 1. The number of carboxylic acids is 1. The molecule has 6 nitrogen and oxygen atoms in total. The van der Waals surface area contributed by atoms with Gasteiger partial charge in [-0.15, -0.1) is 0 Å². The van der Waals surface area contributed by atoms with E-state index in [-0.39, 0.29) is 0 Å². The Morgan fingerprint density at radius 2 is 2.23 bits per heavy atom. The van der Waals surface area contributed by atoms with Gasteiger partial charge < -0.3 is 14.3 Å². The Morgan fingerprint density at radius 1 is 1.45 bits per heavy atom. The minimum atomic E-state index is -0.778. The zero-order valence-electron chi connectivity index (χ0n) is 12.4. The molecule has 0 saturated carbocycles. The number of oxazole rings is 1. The first kappa shape index (κ1) is 14.6. The molecule has 1 saturated heterocycles. The average Bonchev–Trinajstić information content (AvgIpc) is 3.17. The number of likely N-dealkylation sites (tertiary alicyclic amines) is 1. The summed E-state index contributed by atoms with van der Waals surface area (Å²) in [4.78, 5) is 17.3. The SMILES string of the molecule is COc1ccc(-c2cnc(CN3CCC[C@@H]3C(=O)O)o2)cc1. The molecule has 0 aliphatic carbocycles. The predicted octanol–water partition coefficient (Wildman–Crippen LogP) is 2.40. The van der Waals surface area contributed by atoms with Crippen molar-refractivity contribution in [3.63, 3.8) is 0 Å². The molecule has 0 radical (unpaired) electrons. The van der Waals surface area contributed by atoms with Gasteiger partial charge in [-0.1, -0.05) is 0 Å². The molecule has 1 atom stereocenters. The van der Waals surface area contributed by atoms with E-state index in [4.69, 9.17) is 9.15 Å². The molecule has 1 aliphatic heterocycles. The van der Waals surface area contributed by atoms with Gasteiger partial charge in [0.25, 0.3) is 0 Å². The molecule has 22 heavy (non-hydrogen) atoms. The lowest BCUT2D eigenvalue weighted by Gasteiger charge is -2.18. The Balaban J connectivity index is 1.72. The third kappa shape index (κ3) is 2.96. The van der Waals surface area contributed by atoms with E-state index in [1.165, 1.54) is 0 Å². The Labute approximate surface area is 128 Å². The molecule has 3 rings (SSSR count). The molecule has 116 valence electrons. The lowest BCUT2D eigenvalue weighted by atomic mass is 10.2. The van der Waals surface area contributed by atoms with Gasteiger partial charge >= 0.3 is 5.97 Å². The van der Waals surface area contributed by atoms with Crippen molar-refractivity contribution in [3.05, 3.63) is 36.4 Å². The van der Waals surface area contributed by atoms with E-state index in [0.717, 1.165) is 24.3 Å². The molecule has 1 N–H and O–H groups in total. The van der Waals surface area contributed by atoms with Crippen LogP contribution in [0.15, 0.2) is 34.9 Å². The average molecular weight is 302 g/mol. The fourth-order valence-corrected chi connectivity index (χ4v) is 2.74. The summed E-state index contributed by atoms with van der Waals surface area (Å²) in [5, 5.41) is 9.19. The van der Waals surface area contributed by atoms with E-state index < -0.39 is 12.0 Å². The van der Waals surface area contributed by atoms with Crippen molar-refractivity contribution in [2.45, 2.75) is 25.4 Å². The number of carboxylic acid groups (broad SMARTS) is 1. The van der Waals surface area contributed by atoms with Crippen LogP contribution in [-0.4, -0.2) is 40.7 Å². The zero-order valence-corrected chi connectivity index (χ0v) is 12.4. The van der Waals surface area contributed by atoms with Crippen LogP contribution in [0.2, 0.25) is 0 Å². The maximum Gasteiger partial charge on any atom is 0.320 e. The van der Waals surface area contributed by atoms with Crippen molar-refractivity contribution in [3.8, 4) is 17.1 Å². The van der Waals surface area contributed by atoms with Crippen molar-refractivity contribution >= 4 is 5.97 Å². The maximum absolute atomic E-state index is 11.2. The van der Waals surface area contributed by atoms with Crippen LogP contribution in [0, 0.1) is 0 Å². The van der Waals surface area contributed by atoms with Crippen LogP contribution in [0.4, 0.5) is 0 Å². The number of rotatable bonds is 5. The van der Waals surface area contributed by atoms with Crippen molar-refractivity contribution < 1.29 is 19.1 Å². The first-order valence-electron chi connectivity index (χ1n) is 7.23. The first-order chi connectivity index (χ1) is 10.7. The van der Waals surface area contributed by atoms with Crippen molar-refractivity contribution in [1.29, 1.82) is 0 Å². The summed E-state index contributed by atoms with van der Waals surface area (Å²) in [6, 6.07) is 7.09. The van der Waals surface area contributed by atoms with Gasteiger partial charge in [0, 0.05) is 5.56 Å². The van der Waals surface area contributed by atoms with Gasteiger partial charge in [0.05, 0.1) is 19.9 Å². The topological polar surface area (TPSA) is 75.8 Å². The van der Waals surface area contributed by atoms with Crippen LogP contribution < -0.4 is 4.74 Å². The molecule has 2 aromatic rings. The third-order valence-electron chi connectivity index (χ3n) is 3.92. The fraction of sp³-hybridized carbons (Fsp3) is 0.375. The minimum Gasteiger partial charge on any atom is -0.497 e. The number of ether oxygens (including phenoxy) is 1. The lowest BCUT2D eigenvalue weighted by molar-refractivity contribution is -0.142. The van der Waals surface area contributed by atoms with Crippen LogP contribution in [0.25, 0.3) is 11.3 Å². The van der Waals surface area contributed by atoms with E-state index in [1.54, 1.807) is 13.3 Å². The molecule has 1 aromatic carbocycles. The van der Waals surface area contributed by atoms with Crippen molar-refractivity contribution in [1.82, 2.24) is 9.88 Å². The molecule has 6 heteroatoms. The van der Waals surface area contributed by atoms with Crippen LogP contribution in [0.3, 0.4) is 0 Å². The summed E-state index contributed by atoms with van der Waals surface area (Å²) in [5.74, 6) is 1.21. The largest absolute Gasteiger partial charge is 0.497 e. The second-order valence-corrected chi connectivity index (χ2v) is 5.31. The molecule has 2 heterocycles. The summed E-state index contributed by atoms with van der Waals surface area (Å²) in [5.41, 5.74) is 0.913. The molecule has 1 aromatic heterocycles. The lowest BCUT2D eigenvalue weighted by Crippen LogP contribution is -2.35. The minimum absolute atomic E-state index is 0.424. The Bertz CT molecular complexity index is 650. The molecular formula is C16H18N2O4. The molecule has 0 bridgehead atoms. The fourth-order valence-electron chi connectivity index (χ4n) is 2.74. The summed E-state index contributed by atoms with van der Waals surface area (Å²) < 4.78 is 10.9. The van der Waals surface area contributed by atoms with Gasteiger partial charge in [-0.25, -0.2) is 4.98 Å². The molecule has 1 aliphatic rings. The highest BCUT2D eigenvalue weighted by Gasteiger charge is 2.31. The van der Waals surface area contributed by atoms with E-state index in [2.05, 4.69) is 4.98 Å². The number of hydrogen-bond acceptors (Lipinski definition) is 5. The summed E-state index contributed by atoms with van der Waals surface area (Å²) >= 11 is 0. The highest BCUT2D eigenvalue weighted by atomic mass is 16.5. The van der Waals surface area contributed by atoms with Gasteiger partial charge in [-0.3, -0.25) is 9.69 Å². The van der Waals surface area contributed by atoms with E-state index in [1.807, 2.05) is 29.2 Å². The Morgan fingerprint density at radius 3 is 2.91 bits per heavy atom. The summed E-state index contributed by atoms with van der Waals surface area (Å²) in [6.07, 6.45) is 3.24. The number of nitrogens with zero attached hydrogens (tertiary/aromatic N) is 2. The summed E-state index contributed by atoms with van der Waals surface area (Å²) in [6.45, 7) is 1.18. The van der Waals surface area contributed by atoms with Gasteiger partial charge in [-0.2, -0.15) is 0 Å². The number of benzene rings is 1. The zero-order chi connectivity index (χ0) is 15.5. The molecule has 1 fully saturated rings. The molecule has 0 unspecified atom stereocenters. The Hall–Kier alpha value is -2.34. The predicted molar refractivity (Wildman–Crippen MR) is 79.6 cm³/mol. The standard InChI is InChI=1S/C16H18N2O4/c1-21-12-6-4-11(5-7-12)14-9-17-15(22-14)10-18-8-2-3-13(18)16(19)20/h4-7,9,13H,2-3,8,10H2,1H3,(H,19,20)/t13-/m1/s1. The molecule has 0 spiro atoms. The van der Waals surface area contributed by atoms with E-state index >= 15 is 0 Å². The number of aromatic nitrogens is 1. The maximum atomic E-state index is 11.2. The van der Waals surface area contributed by atoms with Crippen LogP contribution in [-0.2, 0) is 11.3 Å². The summed E-state index contributed by atoms with van der Waals surface area (Å²) in [7, 11) is 1.62. The second kappa shape index (κ2) is 6.19. The number of carbonyl (C=O) groups is 1. The smallest absolute Gasteiger partial charge is 0.320 e. The third-order valence-corrected chi connectivity index (χ3v) is 3.92. The highest BCUT2D eigenvalue weighted by Crippen LogP contribution is 2.25. The highest BCUT2D eigenvalue weighted by molar-refractivity contribution is 5.73. The normalized spacial score (nSPS) is 18.5. The molecule has 0 amide bonds. The van der Waals surface area contributed by atoms with Gasteiger partial charge in [-0.05, 0) is 43.7 Å². The van der Waals surface area contributed by atoms with Crippen LogP contribution in [0.5, 0.6) is 5.75 Å². The van der Waals surface area contributed by atoms with Crippen LogP contribution in [0.1, 0.15) is 18.7 Å². The first-order valence-corrected chi connectivity index (χ1v) is 7.23. The monoisotopic (exact) mass is 302 g/mol. The van der Waals surface area contributed by atoms with Crippen LogP contribution >= 0.6 is 0 Å². The van der Waals surface area contributed by atoms with E-state index in [0.29, 0.717) is 24.6 Å². The van der Waals surface area contributed by atoms with Gasteiger partial charge in [0.15, 0.2) is 5.76 Å². The Kier molecular flexibility index (Phi) is 4.11. The van der Waals surface area contributed by atoms with Gasteiger partial charge in [0.2, 0.25) is 5.89 Å². The van der Waals surface area contributed by atoms with Gasteiger partial charge in [0.1, 0.15) is 11.8 Å². The number of methoxy groups -OCH3 is 1. The van der Waals surface area contributed by atoms with Crippen molar-refractivity contribution in [2.75, 3.05) is 13.7 Å². The quantitative estimate of drug-likeness (QED) is 0.914. The van der Waals surface area contributed by atoms with E-state index in [9.17, 15) is 9.90 Å². The number of hydrogen-bond donors (Lipinski definition) is 1. The van der Waals surface area contributed by atoms with Crippen molar-refractivity contribution in [2.24, 2.45) is 0 Å². The molecular weight excluding hydrogens is 284 g/mol. The second-order valence-electron chi connectivity index (χ2n) is 5.31.